The molecule has 0 unspecified atom stereocenters. The fourth-order valence-electron chi connectivity index (χ4n) is 3.25. The molecule has 0 radical (unpaired) electrons. The lowest BCUT2D eigenvalue weighted by Crippen LogP contribution is -2.27. The Labute approximate surface area is 178 Å². The van der Waals surface area contributed by atoms with E-state index in [0.717, 1.165) is 12.5 Å². The third kappa shape index (κ3) is 4.04. The molecule has 0 saturated carbocycles. The number of aromatic nitrogens is 3. The molecule has 1 aromatic heterocycles. The molecular weight excluding hydrogens is 404 g/mol. The number of aromatic amines is 1. The molecule has 0 aliphatic carbocycles. The molecular formula is C21H24N4O6. The molecule has 1 amide bonds. The summed E-state index contributed by atoms with van der Waals surface area (Å²) in [6.07, 6.45) is 0.742. The molecule has 10 nitrogen and oxygen atoms in total. The van der Waals surface area contributed by atoms with Crippen molar-refractivity contribution in [3.63, 3.8) is 0 Å². The van der Waals surface area contributed by atoms with E-state index in [2.05, 4.69) is 10.2 Å². The predicted octanol–water partition coefficient (Wildman–Crippen LogP) is 2.14. The lowest BCUT2D eigenvalue weighted by molar-refractivity contribution is 0.0792. The maximum atomic E-state index is 12.7. The van der Waals surface area contributed by atoms with E-state index < -0.39 is 11.6 Å². The van der Waals surface area contributed by atoms with E-state index in [-0.39, 0.29) is 28.5 Å². The first kappa shape index (κ1) is 21.8. The second-order valence-corrected chi connectivity index (χ2v) is 6.84. The summed E-state index contributed by atoms with van der Waals surface area (Å²) >= 11 is 0. The number of hydrogen-bond donors (Lipinski definition) is 3. The van der Waals surface area contributed by atoms with Crippen molar-refractivity contribution in [2.45, 2.75) is 13.3 Å². The van der Waals surface area contributed by atoms with Crippen molar-refractivity contribution in [2.75, 3.05) is 27.8 Å². The smallest absolute Gasteiger partial charge is 0.348 e. The molecule has 0 saturated heterocycles. The Morgan fingerprint density at radius 3 is 2.48 bits per heavy atom. The monoisotopic (exact) mass is 428 g/mol. The van der Waals surface area contributed by atoms with Gasteiger partial charge in [-0.1, -0.05) is 6.92 Å². The number of nitrogens with one attached hydrogen (secondary N) is 1. The third-order valence-electron chi connectivity index (χ3n) is 4.79. The van der Waals surface area contributed by atoms with Crippen LogP contribution in [0.5, 0.6) is 23.0 Å². The van der Waals surface area contributed by atoms with Crippen LogP contribution in [0.4, 0.5) is 0 Å². The van der Waals surface area contributed by atoms with Gasteiger partial charge in [0.25, 0.3) is 5.91 Å². The maximum absolute atomic E-state index is 12.7. The Morgan fingerprint density at radius 2 is 1.84 bits per heavy atom. The third-order valence-corrected chi connectivity index (χ3v) is 4.79. The first-order valence-corrected chi connectivity index (χ1v) is 9.54. The van der Waals surface area contributed by atoms with Gasteiger partial charge in [-0.2, -0.15) is 5.10 Å². The summed E-state index contributed by atoms with van der Waals surface area (Å²) in [4.78, 5) is 26.7. The van der Waals surface area contributed by atoms with Crippen LogP contribution >= 0.6 is 0 Å². The topological polar surface area (TPSA) is 130 Å². The number of hydrogen-bond acceptors (Lipinski definition) is 7. The normalized spacial score (nSPS) is 10.7. The average molecular weight is 428 g/mol. The van der Waals surface area contributed by atoms with Crippen LogP contribution in [-0.4, -0.2) is 63.6 Å². The van der Waals surface area contributed by atoms with Crippen LogP contribution in [0.15, 0.2) is 35.1 Å². The van der Waals surface area contributed by atoms with E-state index >= 15 is 0 Å². The molecule has 3 aromatic rings. The summed E-state index contributed by atoms with van der Waals surface area (Å²) in [5.74, 6) is -0.203. The highest BCUT2D eigenvalue weighted by molar-refractivity contribution is 5.98. The highest BCUT2D eigenvalue weighted by Crippen LogP contribution is 2.36. The van der Waals surface area contributed by atoms with E-state index in [1.807, 2.05) is 6.92 Å². The minimum Gasteiger partial charge on any atom is -0.507 e. The number of phenols is 2. The van der Waals surface area contributed by atoms with Crippen LogP contribution in [0.1, 0.15) is 23.7 Å². The number of nitrogens with zero attached hydrogens (tertiary/aromatic N) is 3. The Kier molecular flexibility index (Phi) is 6.19. The van der Waals surface area contributed by atoms with Crippen molar-refractivity contribution in [3.8, 4) is 40.1 Å². The first-order chi connectivity index (χ1) is 14.8. The number of phenolic OH excluding ortho intramolecular Hbond substituents is 2. The molecule has 0 bridgehead atoms. The summed E-state index contributed by atoms with van der Waals surface area (Å²) in [5.41, 5.74) is -0.0854. The van der Waals surface area contributed by atoms with Crippen LogP contribution in [0.3, 0.4) is 0 Å². The van der Waals surface area contributed by atoms with Crippen molar-refractivity contribution >= 4 is 5.91 Å². The van der Waals surface area contributed by atoms with Crippen molar-refractivity contribution in [1.29, 1.82) is 0 Å². The van der Waals surface area contributed by atoms with Gasteiger partial charge < -0.3 is 24.6 Å². The highest BCUT2D eigenvalue weighted by Gasteiger charge is 2.23. The zero-order valence-corrected chi connectivity index (χ0v) is 17.7. The van der Waals surface area contributed by atoms with Crippen LogP contribution in [0.25, 0.3) is 17.1 Å². The van der Waals surface area contributed by atoms with E-state index in [0.29, 0.717) is 23.7 Å². The second-order valence-electron chi connectivity index (χ2n) is 6.84. The van der Waals surface area contributed by atoms with E-state index in [9.17, 15) is 19.8 Å². The number of carbonyl (C=O) groups is 1. The molecule has 1 heterocycles. The van der Waals surface area contributed by atoms with Crippen molar-refractivity contribution in [3.05, 3.63) is 46.4 Å². The van der Waals surface area contributed by atoms with Crippen LogP contribution in [-0.2, 0) is 0 Å². The van der Waals surface area contributed by atoms with Gasteiger partial charge in [0, 0.05) is 25.7 Å². The summed E-state index contributed by atoms with van der Waals surface area (Å²) in [5, 5.41) is 27.1. The van der Waals surface area contributed by atoms with Gasteiger partial charge in [-0.3, -0.25) is 4.79 Å². The molecule has 164 valence electrons. The number of aromatic hydroxyl groups is 2. The van der Waals surface area contributed by atoms with Gasteiger partial charge in [-0.05, 0) is 24.6 Å². The number of carbonyl (C=O) groups excluding carboxylic acids is 1. The largest absolute Gasteiger partial charge is 0.507 e. The molecule has 31 heavy (non-hydrogen) atoms. The van der Waals surface area contributed by atoms with Gasteiger partial charge in [-0.25, -0.2) is 14.5 Å². The Morgan fingerprint density at radius 1 is 1.13 bits per heavy atom. The standard InChI is InChI=1S/C21H24N4O6/c1-5-8-24(2)20(28)14-10-13(15(26)11-16(14)27)19-22-23-21(29)25(19)12-6-7-17(30-3)18(9-12)31-4/h6-7,9-11,26-27H,5,8H2,1-4H3,(H,23,29). The molecule has 0 atom stereocenters. The maximum Gasteiger partial charge on any atom is 0.348 e. The number of benzene rings is 2. The zero-order valence-electron chi connectivity index (χ0n) is 17.7. The summed E-state index contributed by atoms with van der Waals surface area (Å²) in [6.45, 7) is 2.42. The number of amides is 1. The van der Waals surface area contributed by atoms with Crippen LogP contribution in [0.2, 0.25) is 0 Å². The number of methoxy groups -OCH3 is 2. The zero-order chi connectivity index (χ0) is 22.7. The number of rotatable bonds is 7. The van der Waals surface area contributed by atoms with Gasteiger partial charge in [0.05, 0.1) is 31.0 Å². The molecule has 0 fully saturated rings. The van der Waals surface area contributed by atoms with Gasteiger partial charge in [0.15, 0.2) is 17.3 Å². The molecule has 3 rings (SSSR count). The van der Waals surface area contributed by atoms with Crippen molar-refractivity contribution in [2.24, 2.45) is 0 Å². The van der Waals surface area contributed by atoms with Gasteiger partial charge >= 0.3 is 5.69 Å². The summed E-state index contributed by atoms with van der Waals surface area (Å²) in [6, 6.07) is 7.20. The fraction of sp³-hybridized carbons (Fsp3) is 0.286. The SMILES string of the molecule is CCCN(C)C(=O)c1cc(-c2n[nH]c(=O)n2-c2ccc(OC)c(OC)c2)c(O)cc1O. The Bertz CT molecular complexity index is 1170. The van der Waals surface area contributed by atoms with Gasteiger partial charge in [0.1, 0.15) is 11.5 Å². The minimum absolute atomic E-state index is 0.0157. The highest BCUT2D eigenvalue weighted by atomic mass is 16.5. The van der Waals surface area contributed by atoms with E-state index in [4.69, 9.17) is 9.47 Å². The predicted molar refractivity (Wildman–Crippen MR) is 113 cm³/mol. The van der Waals surface area contributed by atoms with Crippen LogP contribution < -0.4 is 15.2 Å². The molecule has 3 N–H and O–H groups in total. The van der Waals surface area contributed by atoms with E-state index in [1.165, 1.54) is 29.8 Å². The Balaban J connectivity index is 2.17. The fourth-order valence-corrected chi connectivity index (χ4v) is 3.25. The van der Waals surface area contributed by atoms with Gasteiger partial charge in [-0.15, -0.1) is 0 Å². The molecule has 0 aliphatic heterocycles. The Hall–Kier alpha value is -3.95. The molecule has 0 spiro atoms. The lowest BCUT2D eigenvalue weighted by Gasteiger charge is -2.18. The molecule has 2 aromatic carbocycles. The van der Waals surface area contributed by atoms with Crippen molar-refractivity contribution < 1.29 is 24.5 Å². The van der Waals surface area contributed by atoms with Crippen molar-refractivity contribution in [1.82, 2.24) is 19.7 Å². The molecule has 0 aliphatic rings. The van der Waals surface area contributed by atoms with Crippen LogP contribution in [0, 0.1) is 0 Å². The molecule has 10 heteroatoms. The van der Waals surface area contributed by atoms with E-state index in [1.54, 1.807) is 25.2 Å². The first-order valence-electron chi connectivity index (χ1n) is 9.54. The number of H-pyrrole nitrogens is 1. The summed E-state index contributed by atoms with van der Waals surface area (Å²) in [7, 11) is 4.58. The second kappa shape index (κ2) is 8.82. The number of ether oxygens (including phenoxy) is 2. The average Bonchev–Trinajstić information content (AvgIpc) is 3.14. The van der Waals surface area contributed by atoms with Gasteiger partial charge in [0.2, 0.25) is 0 Å². The lowest BCUT2D eigenvalue weighted by atomic mass is 10.1. The minimum atomic E-state index is -0.564. The summed E-state index contributed by atoms with van der Waals surface area (Å²) < 4.78 is 11.7. The quantitative estimate of drug-likeness (QED) is 0.526.